The van der Waals surface area contributed by atoms with Crippen LogP contribution in [0.1, 0.15) is 18.1 Å². The molecule has 68 valence electrons. The molecule has 0 spiro atoms. The summed E-state index contributed by atoms with van der Waals surface area (Å²) >= 11 is 0. The predicted molar refractivity (Wildman–Crippen MR) is 47.1 cm³/mol. The van der Waals surface area contributed by atoms with Crippen LogP contribution < -0.4 is 0 Å². The first-order valence-corrected chi connectivity index (χ1v) is 4.21. The Labute approximate surface area is 75.2 Å². The third kappa shape index (κ3) is 1.09. The van der Waals surface area contributed by atoms with Gasteiger partial charge in [-0.15, -0.1) is 0 Å². The van der Waals surface area contributed by atoms with Crippen molar-refractivity contribution in [2.24, 2.45) is 0 Å². The van der Waals surface area contributed by atoms with Gasteiger partial charge in [-0.1, -0.05) is 6.92 Å². The maximum Gasteiger partial charge on any atom is 0.191 e. The van der Waals surface area contributed by atoms with E-state index in [0.717, 1.165) is 12.0 Å². The Hall–Kier alpha value is -1.45. The van der Waals surface area contributed by atoms with Crippen LogP contribution in [-0.4, -0.2) is 14.6 Å². The van der Waals surface area contributed by atoms with E-state index in [-0.39, 0.29) is 5.82 Å². The largest absolute Gasteiger partial charge is 0.218 e. The van der Waals surface area contributed by atoms with Crippen LogP contribution in [0, 0.1) is 12.7 Å². The molecule has 0 saturated carbocycles. The van der Waals surface area contributed by atoms with Crippen LogP contribution >= 0.6 is 0 Å². The van der Waals surface area contributed by atoms with Crippen molar-refractivity contribution >= 4 is 5.65 Å². The predicted octanol–water partition coefficient (Wildman–Crippen LogP) is 1.74. The Morgan fingerprint density at radius 3 is 3.00 bits per heavy atom. The van der Waals surface area contributed by atoms with Crippen molar-refractivity contribution in [2.45, 2.75) is 20.3 Å². The molecule has 2 aromatic heterocycles. The number of rotatable bonds is 1. The topological polar surface area (TPSA) is 30.2 Å². The summed E-state index contributed by atoms with van der Waals surface area (Å²) in [6, 6.07) is 0. The van der Waals surface area contributed by atoms with Crippen molar-refractivity contribution in [1.29, 1.82) is 0 Å². The normalized spacial score (nSPS) is 11.0. The summed E-state index contributed by atoms with van der Waals surface area (Å²) in [6.45, 7) is 3.76. The van der Waals surface area contributed by atoms with E-state index in [2.05, 4.69) is 10.1 Å². The minimum Gasteiger partial charge on any atom is -0.218 e. The Kier molecular flexibility index (Phi) is 1.76. The highest BCUT2D eigenvalue weighted by Gasteiger charge is 2.09. The van der Waals surface area contributed by atoms with E-state index >= 15 is 0 Å². The number of hydrogen-bond donors (Lipinski definition) is 0. The molecule has 0 radical (unpaired) electrons. The summed E-state index contributed by atoms with van der Waals surface area (Å²) in [5.74, 6) is -0.267. The lowest BCUT2D eigenvalue weighted by Crippen LogP contribution is -1.99. The highest BCUT2D eigenvalue weighted by atomic mass is 19.1. The van der Waals surface area contributed by atoms with Crippen molar-refractivity contribution in [3.8, 4) is 0 Å². The summed E-state index contributed by atoms with van der Waals surface area (Å²) in [4.78, 5) is 3.83. The summed E-state index contributed by atoms with van der Waals surface area (Å²) in [5.41, 5.74) is 1.94. The third-order valence-electron chi connectivity index (χ3n) is 2.24. The van der Waals surface area contributed by atoms with E-state index < -0.39 is 0 Å². The van der Waals surface area contributed by atoms with Crippen LogP contribution in [0.2, 0.25) is 0 Å². The van der Waals surface area contributed by atoms with E-state index in [1.165, 1.54) is 10.8 Å². The second-order valence-electron chi connectivity index (χ2n) is 2.98. The molecule has 0 N–H and O–H groups in total. The number of hydrogen-bond acceptors (Lipinski definition) is 2. The van der Waals surface area contributed by atoms with Gasteiger partial charge in [-0.05, 0) is 24.5 Å². The Morgan fingerprint density at radius 2 is 2.31 bits per heavy atom. The van der Waals surface area contributed by atoms with Gasteiger partial charge in [0, 0.05) is 6.20 Å². The number of aromatic nitrogens is 3. The monoisotopic (exact) mass is 179 g/mol. The molecule has 0 atom stereocenters. The molecule has 0 unspecified atom stereocenters. The van der Waals surface area contributed by atoms with Gasteiger partial charge in [-0.3, -0.25) is 0 Å². The Bertz CT molecular complexity index is 447. The first-order chi connectivity index (χ1) is 6.24. The van der Waals surface area contributed by atoms with Gasteiger partial charge in [0.15, 0.2) is 11.5 Å². The Balaban J connectivity index is 2.83. The summed E-state index contributed by atoms with van der Waals surface area (Å²) in [7, 11) is 0. The van der Waals surface area contributed by atoms with Crippen LogP contribution in [0.3, 0.4) is 0 Å². The van der Waals surface area contributed by atoms with Gasteiger partial charge in [0.2, 0.25) is 0 Å². The molecule has 0 fully saturated rings. The van der Waals surface area contributed by atoms with E-state index in [4.69, 9.17) is 0 Å². The first-order valence-electron chi connectivity index (χ1n) is 4.21. The molecule has 0 saturated heterocycles. The maximum absolute atomic E-state index is 13.6. The van der Waals surface area contributed by atoms with Crippen molar-refractivity contribution < 1.29 is 4.39 Å². The van der Waals surface area contributed by atoms with E-state index in [1.54, 1.807) is 6.92 Å². The van der Waals surface area contributed by atoms with Gasteiger partial charge in [0.1, 0.15) is 6.33 Å². The van der Waals surface area contributed by atoms with Crippen LogP contribution in [0.15, 0.2) is 12.5 Å². The molecule has 2 heterocycles. The summed E-state index contributed by atoms with van der Waals surface area (Å²) in [6.07, 6.45) is 3.98. The van der Waals surface area contributed by atoms with Crippen molar-refractivity contribution in [3.63, 3.8) is 0 Å². The van der Waals surface area contributed by atoms with E-state index in [0.29, 0.717) is 11.2 Å². The molecule has 0 amide bonds. The molecule has 4 heteroatoms. The van der Waals surface area contributed by atoms with Crippen molar-refractivity contribution in [2.75, 3.05) is 0 Å². The average molecular weight is 179 g/mol. The maximum atomic E-state index is 13.6. The van der Waals surface area contributed by atoms with Gasteiger partial charge >= 0.3 is 0 Å². The third-order valence-corrected chi connectivity index (χ3v) is 2.24. The van der Waals surface area contributed by atoms with Crippen molar-refractivity contribution in [1.82, 2.24) is 14.6 Å². The Morgan fingerprint density at radius 1 is 1.54 bits per heavy atom. The minimum atomic E-state index is -0.267. The molecule has 0 aromatic carbocycles. The molecule has 0 aliphatic carbocycles. The quantitative estimate of drug-likeness (QED) is 0.667. The molecular weight excluding hydrogens is 169 g/mol. The molecule has 3 nitrogen and oxygen atoms in total. The smallest absolute Gasteiger partial charge is 0.191 e. The second kappa shape index (κ2) is 2.80. The zero-order valence-electron chi connectivity index (χ0n) is 7.58. The van der Waals surface area contributed by atoms with Gasteiger partial charge in [-0.2, -0.15) is 5.10 Å². The van der Waals surface area contributed by atoms with Crippen molar-refractivity contribution in [3.05, 3.63) is 29.5 Å². The molecule has 0 aliphatic rings. The van der Waals surface area contributed by atoms with Gasteiger partial charge in [-0.25, -0.2) is 13.9 Å². The van der Waals surface area contributed by atoms with E-state index in [9.17, 15) is 4.39 Å². The van der Waals surface area contributed by atoms with Crippen LogP contribution in [0.4, 0.5) is 4.39 Å². The fourth-order valence-electron chi connectivity index (χ4n) is 1.41. The number of aryl methyl sites for hydroxylation is 1. The minimum absolute atomic E-state index is 0.267. The summed E-state index contributed by atoms with van der Waals surface area (Å²) in [5, 5.41) is 3.89. The molecule has 0 bridgehead atoms. The second-order valence-corrected chi connectivity index (χ2v) is 2.98. The van der Waals surface area contributed by atoms with Crippen LogP contribution in [0.5, 0.6) is 0 Å². The summed E-state index contributed by atoms with van der Waals surface area (Å²) < 4.78 is 15.0. The SMILES string of the molecule is CCc1cn2ncnc2c(F)c1C. The highest BCUT2D eigenvalue weighted by molar-refractivity contribution is 5.44. The number of fused-ring (bicyclic) bond motifs is 1. The van der Waals surface area contributed by atoms with Crippen LogP contribution in [-0.2, 0) is 6.42 Å². The number of pyridine rings is 1. The van der Waals surface area contributed by atoms with Crippen LogP contribution in [0.25, 0.3) is 5.65 Å². The highest BCUT2D eigenvalue weighted by Crippen LogP contribution is 2.16. The van der Waals surface area contributed by atoms with Gasteiger partial charge < -0.3 is 0 Å². The number of halogens is 1. The lowest BCUT2D eigenvalue weighted by atomic mass is 10.1. The van der Waals surface area contributed by atoms with Gasteiger partial charge in [0.05, 0.1) is 0 Å². The zero-order chi connectivity index (χ0) is 9.42. The zero-order valence-corrected chi connectivity index (χ0v) is 7.58. The van der Waals surface area contributed by atoms with Gasteiger partial charge in [0.25, 0.3) is 0 Å². The fourth-order valence-corrected chi connectivity index (χ4v) is 1.41. The molecular formula is C9H10FN3. The van der Waals surface area contributed by atoms with E-state index in [1.807, 2.05) is 13.1 Å². The first kappa shape index (κ1) is 8.16. The molecule has 2 aromatic rings. The fraction of sp³-hybridized carbons (Fsp3) is 0.333. The number of nitrogens with zero attached hydrogens (tertiary/aromatic N) is 3. The lowest BCUT2D eigenvalue weighted by molar-refractivity contribution is 0.614. The molecule has 13 heavy (non-hydrogen) atoms. The molecule has 2 rings (SSSR count). The molecule has 0 aliphatic heterocycles. The lowest BCUT2D eigenvalue weighted by Gasteiger charge is -2.04. The average Bonchev–Trinajstić information content (AvgIpc) is 2.59. The standard InChI is InChI=1S/C9H10FN3/c1-3-7-4-13-9(11-5-12-13)8(10)6(7)2/h4-5H,3H2,1-2H3.